The Morgan fingerprint density at radius 3 is 2.34 bits per heavy atom. The van der Waals surface area contributed by atoms with Crippen molar-refractivity contribution in [3.63, 3.8) is 0 Å². The van der Waals surface area contributed by atoms with Gasteiger partial charge in [0, 0.05) is 25.2 Å². The largest absolute Gasteiger partial charge is 0.507 e. The van der Waals surface area contributed by atoms with E-state index in [1.54, 1.807) is 16.9 Å². The number of hydrogen-bond acceptors (Lipinski definition) is 5. The molecule has 8 heteroatoms. The Bertz CT molecular complexity index is 1370. The minimum Gasteiger partial charge on any atom is -0.507 e. The van der Waals surface area contributed by atoms with E-state index in [4.69, 9.17) is 0 Å². The lowest BCUT2D eigenvalue weighted by Crippen LogP contribution is -2.26. The van der Waals surface area contributed by atoms with Gasteiger partial charge in [0.25, 0.3) is 0 Å². The third-order valence-corrected chi connectivity index (χ3v) is 7.11. The molecular weight excluding hydrogens is 426 g/mol. The summed E-state index contributed by atoms with van der Waals surface area (Å²) in [5, 5.41) is 25.3. The molecule has 0 saturated heterocycles. The van der Waals surface area contributed by atoms with Crippen LogP contribution in [0.15, 0.2) is 83.9 Å². The lowest BCUT2D eigenvalue weighted by molar-refractivity contribution is 0.430. The number of para-hydroxylation sites is 1. The highest BCUT2D eigenvalue weighted by atomic mass is 32.2. The van der Waals surface area contributed by atoms with Gasteiger partial charge in [0.15, 0.2) is 0 Å². The molecule has 4 rings (SSSR count). The van der Waals surface area contributed by atoms with Crippen molar-refractivity contribution in [1.29, 1.82) is 0 Å². The Kier molecular flexibility index (Phi) is 5.73. The fraction of sp³-hybridized carbons (Fsp3) is 0.125. The third-order valence-electron chi connectivity index (χ3n) is 5.28. The summed E-state index contributed by atoms with van der Waals surface area (Å²) in [4.78, 5) is -0.290. The van der Waals surface area contributed by atoms with Gasteiger partial charge in [-0.3, -0.25) is 0 Å². The Hall–Kier alpha value is -3.62. The van der Waals surface area contributed by atoms with Crippen molar-refractivity contribution in [2.45, 2.75) is 18.4 Å². The number of phenols is 2. The maximum atomic E-state index is 13.3. The summed E-state index contributed by atoms with van der Waals surface area (Å²) in [6.07, 6.45) is 1.57. The summed E-state index contributed by atoms with van der Waals surface area (Å²) in [5.41, 5.74) is 3.32. The molecule has 4 aromatic rings. The van der Waals surface area contributed by atoms with Crippen molar-refractivity contribution in [3.8, 4) is 28.4 Å². The number of sulfonamides is 1. The van der Waals surface area contributed by atoms with Crippen molar-refractivity contribution < 1.29 is 18.6 Å². The molecule has 1 aromatic heterocycles. The number of benzene rings is 3. The van der Waals surface area contributed by atoms with Crippen LogP contribution in [-0.4, -0.2) is 39.8 Å². The van der Waals surface area contributed by atoms with Gasteiger partial charge in [0.1, 0.15) is 16.4 Å². The van der Waals surface area contributed by atoms with Crippen LogP contribution < -0.4 is 0 Å². The normalized spacial score (nSPS) is 11.7. The molecule has 2 N–H and O–H groups in total. The fourth-order valence-electron chi connectivity index (χ4n) is 3.56. The molecule has 0 bridgehead atoms. The molecule has 0 aliphatic carbocycles. The van der Waals surface area contributed by atoms with E-state index in [0.717, 1.165) is 27.2 Å². The molecule has 1 heterocycles. The maximum absolute atomic E-state index is 13.3. The number of nitrogens with zero attached hydrogens (tertiary/aromatic N) is 3. The van der Waals surface area contributed by atoms with E-state index in [9.17, 15) is 18.6 Å². The van der Waals surface area contributed by atoms with Gasteiger partial charge < -0.3 is 10.2 Å². The summed E-state index contributed by atoms with van der Waals surface area (Å²) in [6, 6.07) is 20.8. The monoisotopic (exact) mass is 449 g/mol. The smallest absolute Gasteiger partial charge is 0.246 e. The molecule has 0 radical (unpaired) electrons. The minimum absolute atomic E-state index is 0.139. The van der Waals surface area contributed by atoms with Crippen LogP contribution in [0, 0.1) is 6.92 Å². The standard InChI is InChI=1S/C24H23N3O4S/c1-17-8-6-7-11-20(17)27-21(12-13-25-27)19-14-24(23(29)15-22(19)28)32(30,31)26(2)16-18-9-4-3-5-10-18/h3-15,28-29H,16H2,1-2H3. The van der Waals surface area contributed by atoms with Crippen LogP contribution in [0.1, 0.15) is 11.1 Å². The van der Waals surface area contributed by atoms with Crippen LogP contribution in [0.3, 0.4) is 0 Å². The lowest BCUT2D eigenvalue weighted by atomic mass is 10.1. The SMILES string of the molecule is Cc1ccccc1-n1nccc1-c1cc(S(=O)(=O)N(C)Cc2ccccc2)c(O)cc1O. The summed E-state index contributed by atoms with van der Waals surface area (Å²) >= 11 is 0. The van der Waals surface area contributed by atoms with Gasteiger partial charge in [0.05, 0.1) is 17.6 Å². The quantitative estimate of drug-likeness (QED) is 0.462. The molecule has 0 saturated carbocycles. The van der Waals surface area contributed by atoms with E-state index in [2.05, 4.69) is 5.10 Å². The summed E-state index contributed by atoms with van der Waals surface area (Å²) in [6.45, 7) is 2.08. The van der Waals surface area contributed by atoms with Gasteiger partial charge in [0.2, 0.25) is 10.0 Å². The number of aromatic hydroxyl groups is 2. The number of phenolic OH excluding ortho intramolecular Hbond substituents is 2. The van der Waals surface area contributed by atoms with E-state index in [0.29, 0.717) is 5.69 Å². The molecule has 3 aromatic carbocycles. The third kappa shape index (κ3) is 3.98. The lowest BCUT2D eigenvalue weighted by Gasteiger charge is -2.19. The van der Waals surface area contributed by atoms with Gasteiger partial charge in [-0.05, 0) is 36.2 Å². The molecule has 0 spiro atoms. The second kappa shape index (κ2) is 8.49. The van der Waals surface area contributed by atoms with Gasteiger partial charge in [-0.2, -0.15) is 9.40 Å². The molecule has 0 aliphatic rings. The zero-order valence-corrected chi connectivity index (χ0v) is 18.5. The number of hydrogen-bond donors (Lipinski definition) is 2. The van der Waals surface area contributed by atoms with Crippen LogP contribution in [0.5, 0.6) is 11.5 Å². The van der Waals surface area contributed by atoms with Crippen LogP contribution in [0.25, 0.3) is 16.9 Å². The Morgan fingerprint density at radius 2 is 1.62 bits per heavy atom. The second-order valence-electron chi connectivity index (χ2n) is 7.50. The van der Waals surface area contributed by atoms with Crippen LogP contribution in [-0.2, 0) is 16.6 Å². The van der Waals surface area contributed by atoms with Crippen molar-refractivity contribution in [2.75, 3.05) is 7.05 Å². The molecule has 7 nitrogen and oxygen atoms in total. The topological polar surface area (TPSA) is 95.7 Å². The van der Waals surface area contributed by atoms with Crippen LogP contribution in [0.4, 0.5) is 0 Å². The van der Waals surface area contributed by atoms with E-state index in [1.807, 2.05) is 61.5 Å². The Balaban J connectivity index is 1.79. The molecule has 0 amide bonds. The maximum Gasteiger partial charge on any atom is 0.246 e. The molecule has 0 unspecified atom stereocenters. The summed E-state index contributed by atoms with van der Waals surface area (Å²) in [5.74, 6) is -0.768. The molecular formula is C24H23N3O4S. The van der Waals surface area contributed by atoms with Crippen LogP contribution >= 0.6 is 0 Å². The van der Waals surface area contributed by atoms with Gasteiger partial charge in [-0.15, -0.1) is 0 Å². The first-order valence-corrected chi connectivity index (χ1v) is 11.4. The van der Waals surface area contributed by atoms with Crippen molar-refractivity contribution in [2.24, 2.45) is 0 Å². The number of aromatic nitrogens is 2. The Labute approximate surface area is 186 Å². The average Bonchev–Trinajstić information content (AvgIpc) is 3.24. The van der Waals surface area contributed by atoms with Gasteiger partial charge in [-0.25, -0.2) is 13.1 Å². The molecule has 0 atom stereocenters. The second-order valence-corrected chi connectivity index (χ2v) is 9.51. The first-order chi connectivity index (χ1) is 15.3. The average molecular weight is 450 g/mol. The van der Waals surface area contributed by atoms with Crippen LogP contribution in [0.2, 0.25) is 0 Å². The van der Waals surface area contributed by atoms with E-state index in [-0.39, 0.29) is 22.8 Å². The van der Waals surface area contributed by atoms with Crippen molar-refractivity contribution >= 4 is 10.0 Å². The first kappa shape index (κ1) is 21.6. The van der Waals surface area contributed by atoms with Gasteiger partial charge in [-0.1, -0.05) is 48.5 Å². The molecule has 164 valence electrons. The summed E-state index contributed by atoms with van der Waals surface area (Å²) < 4.78 is 29.3. The van der Waals surface area contributed by atoms with E-state index >= 15 is 0 Å². The highest BCUT2D eigenvalue weighted by Crippen LogP contribution is 2.38. The zero-order valence-electron chi connectivity index (χ0n) is 17.7. The molecule has 0 aliphatic heterocycles. The predicted octanol–water partition coefficient (Wildman–Crippen LogP) is 4.08. The highest BCUT2D eigenvalue weighted by molar-refractivity contribution is 7.89. The van der Waals surface area contributed by atoms with E-state index < -0.39 is 15.8 Å². The number of aryl methyl sites for hydroxylation is 1. The molecule has 32 heavy (non-hydrogen) atoms. The highest BCUT2D eigenvalue weighted by Gasteiger charge is 2.27. The van der Waals surface area contributed by atoms with Crippen molar-refractivity contribution in [3.05, 3.63) is 90.1 Å². The molecule has 0 fully saturated rings. The number of rotatable bonds is 6. The first-order valence-electron chi connectivity index (χ1n) is 9.95. The van der Waals surface area contributed by atoms with Crippen molar-refractivity contribution in [1.82, 2.24) is 14.1 Å². The predicted molar refractivity (Wildman–Crippen MR) is 122 cm³/mol. The fourth-order valence-corrected chi connectivity index (χ4v) is 4.81. The Morgan fingerprint density at radius 1 is 0.938 bits per heavy atom. The minimum atomic E-state index is -4.04. The van der Waals surface area contributed by atoms with Gasteiger partial charge >= 0.3 is 0 Å². The zero-order chi connectivity index (χ0) is 22.9. The van der Waals surface area contributed by atoms with E-state index in [1.165, 1.54) is 13.1 Å². The summed E-state index contributed by atoms with van der Waals surface area (Å²) in [7, 11) is -2.59.